The number of hydrogen-bond acceptors (Lipinski definition) is 3. The Labute approximate surface area is 129 Å². The Bertz CT molecular complexity index is 538. The maximum atomic E-state index is 12.2. The Balaban J connectivity index is 1.86. The predicted molar refractivity (Wildman–Crippen MR) is 80.3 cm³/mol. The molecule has 0 aromatic rings. The second kappa shape index (κ2) is 5.84. The van der Waals surface area contributed by atoms with Gasteiger partial charge in [0.25, 0.3) is 0 Å². The summed E-state index contributed by atoms with van der Waals surface area (Å²) in [5, 5.41) is -0.0839. The minimum atomic E-state index is -0.265. The summed E-state index contributed by atoms with van der Waals surface area (Å²) < 4.78 is 5.08. The Morgan fingerprint density at radius 3 is 2.90 bits per heavy atom. The van der Waals surface area contributed by atoms with E-state index in [9.17, 15) is 9.59 Å². The number of Topliss-reactive ketones (excluding diaryl/α,β-unsaturated/α-hetero) is 1. The largest absolute Gasteiger partial charge is 0.450 e. The number of rotatable bonds is 1. The summed E-state index contributed by atoms with van der Waals surface area (Å²) in [5.41, 5.74) is 3.24. The molecule has 3 rings (SSSR count). The molecule has 1 heterocycles. The van der Waals surface area contributed by atoms with Crippen molar-refractivity contribution in [2.75, 3.05) is 19.7 Å². The Morgan fingerprint density at radius 1 is 1.38 bits per heavy atom. The lowest BCUT2D eigenvalue weighted by atomic mass is 9.82. The summed E-state index contributed by atoms with van der Waals surface area (Å²) >= 11 is 6.44. The third-order valence-corrected chi connectivity index (χ3v) is 5.05. The number of carbonyl (C=O) groups excluding carboxylic acids is 2. The van der Waals surface area contributed by atoms with Crippen molar-refractivity contribution in [2.24, 2.45) is 5.92 Å². The van der Waals surface area contributed by atoms with Gasteiger partial charge in [-0.25, -0.2) is 4.79 Å². The maximum absolute atomic E-state index is 12.2. The topological polar surface area (TPSA) is 46.6 Å². The second-order valence-electron chi connectivity index (χ2n) is 5.78. The van der Waals surface area contributed by atoms with Crippen molar-refractivity contribution in [1.82, 2.24) is 4.90 Å². The molecule has 1 saturated carbocycles. The van der Waals surface area contributed by atoms with E-state index in [1.54, 1.807) is 4.90 Å². The summed E-state index contributed by atoms with van der Waals surface area (Å²) in [6.45, 7) is 3.44. The monoisotopic (exact) mass is 309 g/mol. The van der Waals surface area contributed by atoms with Crippen molar-refractivity contribution in [1.29, 1.82) is 0 Å². The molecule has 2 unspecified atom stereocenters. The third kappa shape index (κ3) is 2.61. The highest BCUT2D eigenvalue weighted by molar-refractivity contribution is 6.23. The van der Waals surface area contributed by atoms with Crippen LogP contribution in [-0.2, 0) is 9.53 Å². The van der Waals surface area contributed by atoms with Crippen molar-refractivity contribution in [3.63, 3.8) is 0 Å². The zero-order valence-corrected chi connectivity index (χ0v) is 13.0. The number of fused-ring (bicyclic) bond motifs is 2. The van der Waals surface area contributed by atoms with Gasteiger partial charge in [0.15, 0.2) is 5.78 Å². The van der Waals surface area contributed by atoms with E-state index in [1.165, 1.54) is 0 Å². The number of nitrogens with zero attached hydrogens (tertiary/aromatic N) is 1. The molecule has 0 aromatic heterocycles. The third-order valence-electron chi connectivity index (χ3n) is 4.62. The number of carbonyl (C=O) groups is 2. The van der Waals surface area contributed by atoms with Crippen LogP contribution in [0.5, 0.6) is 0 Å². The van der Waals surface area contributed by atoms with E-state index < -0.39 is 0 Å². The van der Waals surface area contributed by atoms with Crippen LogP contribution >= 0.6 is 11.6 Å². The van der Waals surface area contributed by atoms with Crippen molar-refractivity contribution < 1.29 is 14.3 Å². The van der Waals surface area contributed by atoms with Gasteiger partial charge in [0.05, 0.1) is 12.0 Å². The number of allylic oxidation sites excluding steroid dienone is 2. The van der Waals surface area contributed by atoms with E-state index in [0.717, 1.165) is 36.0 Å². The molecule has 5 heteroatoms. The summed E-state index contributed by atoms with van der Waals surface area (Å²) in [5.74, 6) is 0.419. The van der Waals surface area contributed by atoms with Crippen LogP contribution in [0.25, 0.3) is 0 Å². The van der Waals surface area contributed by atoms with Crippen molar-refractivity contribution in [3.8, 4) is 0 Å². The number of hydrogen-bond donors (Lipinski definition) is 0. The van der Waals surface area contributed by atoms with Gasteiger partial charge in [-0.15, -0.1) is 11.6 Å². The predicted octanol–water partition coefficient (Wildman–Crippen LogP) is 3.06. The van der Waals surface area contributed by atoms with Gasteiger partial charge in [0, 0.05) is 31.0 Å². The van der Waals surface area contributed by atoms with E-state index in [2.05, 4.69) is 6.08 Å². The quantitative estimate of drug-likeness (QED) is 0.699. The van der Waals surface area contributed by atoms with Crippen LogP contribution in [0.3, 0.4) is 0 Å². The van der Waals surface area contributed by atoms with Gasteiger partial charge in [-0.3, -0.25) is 4.79 Å². The maximum Gasteiger partial charge on any atom is 0.409 e. The molecular weight excluding hydrogens is 290 g/mol. The van der Waals surface area contributed by atoms with E-state index >= 15 is 0 Å². The zero-order valence-electron chi connectivity index (χ0n) is 12.2. The van der Waals surface area contributed by atoms with E-state index in [-0.39, 0.29) is 23.2 Å². The van der Waals surface area contributed by atoms with E-state index in [1.807, 2.05) is 6.92 Å². The van der Waals surface area contributed by atoms with Crippen LogP contribution in [0, 0.1) is 5.92 Å². The highest BCUT2D eigenvalue weighted by atomic mass is 35.5. The lowest BCUT2D eigenvalue weighted by molar-refractivity contribution is -0.114. The molecule has 0 spiro atoms. The molecule has 0 aromatic carbocycles. The number of amides is 1. The fourth-order valence-corrected chi connectivity index (χ4v) is 4.01. The van der Waals surface area contributed by atoms with Crippen LogP contribution in [0.2, 0.25) is 0 Å². The number of likely N-dealkylation sites (tertiary alicyclic amines) is 1. The average molecular weight is 310 g/mol. The van der Waals surface area contributed by atoms with Crippen molar-refractivity contribution >= 4 is 23.5 Å². The number of ketones is 1. The molecule has 114 valence electrons. The first kappa shape index (κ1) is 14.6. The lowest BCUT2D eigenvalue weighted by Gasteiger charge is -2.25. The molecule has 3 aliphatic rings. The normalized spacial score (nSPS) is 28.8. The molecule has 21 heavy (non-hydrogen) atoms. The summed E-state index contributed by atoms with van der Waals surface area (Å²) in [6, 6.07) is 0. The fraction of sp³-hybridized carbons (Fsp3) is 0.625. The van der Waals surface area contributed by atoms with Crippen LogP contribution < -0.4 is 0 Å². The van der Waals surface area contributed by atoms with Crippen LogP contribution in [0.1, 0.15) is 32.6 Å². The molecule has 2 fully saturated rings. The van der Waals surface area contributed by atoms with E-state index in [4.69, 9.17) is 16.3 Å². The molecule has 0 N–H and O–H groups in total. The molecule has 1 aliphatic heterocycles. The smallest absolute Gasteiger partial charge is 0.409 e. The lowest BCUT2D eigenvalue weighted by Crippen LogP contribution is -2.32. The standard InChI is InChI=1S/C16H20ClNO3/c1-2-21-16(20)18-7-5-10-9-13(17)12-3-4-14(19)15(12)11(10)6-8-18/h9,12-13H,2-8H2,1H3. The average Bonchev–Trinajstić information content (AvgIpc) is 2.72. The number of alkyl halides is 1. The Hall–Kier alpha value is -1.29. The first-order chi connectivity index (χ1) is 10.1. The van der Waals surface area contributed by atoms with Crippen LogP contribution in [0.4, 0.5) is 4.79 Å². The molecule has 2 atom stereocenters. The van der Waals surface area contributed by atoms with Crippen LogP contribution in [0.15, 0.2) is 22.8 Å². The summed E-state index contributed by atoms with van der Waals surface area (Å²) in [4.78, 5) is 25.8. The van der Waals surface area contributed by atoms with Crippen molar-refractivity contribution in [3.05, 3.63) is 22.8 Å². The van der Waals surface area contributed by atoms with Gasteiger partial charge in [-0.05, 0) is 37.3 Å². The number of ether oxygens (including phenoxy) is 1. The van der Waals surface area contributed by atoms with Crippen molar-refractivity contribution in [2.45, 2.75) is 38.0 Å². The highest BCUT2D eigenvalue weighted by Gasteiger charge is 2.39. The van der Waals surface area contributed by atoms with Gasteiger partial charge in [0.2, 0.25) is 0 Å². The molecular formula is C16H20ClNO3. The summed E-state index contributed by atoms with van der Waals surface area (Å²) in [6.07, 6.45) is 4.77. The molecule has 1 saturated heterocycles. The molecule has 0 radical (unpaired) electrons. The zero-order chi connectivity index (χ0) is 15.0. The van der Waals surface area contributed by atoms with Crippen LogP contribution in [-0.4, -0.2) is 41.8 Å². The van der Waals surface area contributed by atoms with E-state index in [0.29, 0.717) is 26.1 Å². The van der Waals surface area contributed by atoms with Gasteiger partial charge in [0.1, 0.15) is 0 Å². The Kier molecular flexibility index (Phi) is 4.07. The van der Waals surface area contributed by atoms with Gasteiger partial charge >= 0.3 is 6.09 Å². The second-order valence-corrected chi connectivity index (χ2v) is 6.29. The Morgan fingerprint density at radius 2 is 2.14 bits per heavy atom. The van der Waals surface area contributed by atoms with Gasteiger partial charge in [-0.2, -0.15) is 0 Å². The highest BCUT2D eigenvalue weighted by Crippen LogP contribution is 2.44. The molecule has 2 aliphatic carbocycles. The fourth-order valence-electron chi connectivity index (χ4n) is 3.61. The first-order valence-corrected chi connectivity index (χ1v) is 8.08. The SMILES string of the molecule is CCOC(=O)N1CCC2=CC(Cl)C3CCC(=O)C3=C2CC1. The summed E-state index contributed by atoms with van der Waals surface area (Å²) in [7, 11) is 0. The number of halogens is 1. The molecule has 4 nitrogen and oxygen atoms in total. The molecule has 1 amide bonds. The first-order valence-electron chi connectivity index (χ1n) is 7.65. The minimum absolute atomic E-state index is 0.0839. The minimum Gasteiger partial charge on any atom is -0.450 e. The van der Waals surface area contributed by atoms with Gasteiger partial charge < -0.3 is 9.64 Å². The molecule has 0 bridgehead atoms. The van der Waals surface area contributed by atoms with Gasteiger partial charge in [-0.1, -0.05) is 6.08 Å².